The van der Waals surface area contributed by atoms with Gasteiger partial charge in [-0.2, -0.15) is 4.98 Å². The van der Waals surface area contributed by atoms with Crippen molar-refractivity contribution in [3.05, 3.63) is 34.6 Å². The minimum atomic E-state index is -0.335. The lowest BCUT2D eigenvalue weighted by Crippen LogP contribution is -2.15. The van der Waals surface area contributed by atoms with Crippen LogP contribution in [-0.2, 0) is 0 Å². The van der Waals surface area contributed by atoms with Gasteiger partial charge in [0.15, 0.2) is 0 Å². The van der Waals surface area contributed by atoms with Gasteiger partial charge in [-0.15, -0.1) is 0 Å². The first kappa shape index (κ1) is 11.8. The number of benzene rings is 1. The summed E-state index contributed by atoms with van der Waals surface area (Å²) in [4.78, 5) is 4.36. The predicted octanol–water partition coefficient (Wildman–Crippen LogP) is 1.89. The maximum Gasteiger partial charge on any atom is 0.244 e. The highest BCUT2D eigenvalue weighted by atomic mass is 79.9. The van der Waals surface area contributed by atoms with Crippen LogP contribution in [0.25, 0.3) is 11.4 Å². The molecule has 2 N–H and O–H groups in total. The smallest absolute Gasteiger partial charge is 0.244 e. The van der Waals surface area contributed by atoms with Gasteiger partial charge in [0.05, 0.1) is 12.1 Å². The summed E-state index contributed by atoms with van der Waals surface area (Å²) in [5.74, 6) is 1.10. The quantitative estimate of drug-likeness (QED) is 0.886. The number of nitrogens with one attached hydrogen (secondary N) is 1. The summed E-state index contributed by atoms with van der Waals surface area (Å²) in [7, 11) is 0. The molecule has 1 saturated heterocycles. The minimum absolute atomic E-state index is 0.0447. The Hall–Kier alpha value is -1.24. The topological polar surface area (TPSA) is 71.2 Å². The van der Waals surface area contributed by atoms with Crippen LogP contribution in [0.3, 0.4) is 0 Å². The number of aromatic nitrogens is 2. The molecule has 1 aromatic carbocycles. The Morgan fingerprint density at radius 2 is 2.11 bits per heavy atom. The number of hydrogen-bond acceptors (Lipinski definition) is 5. The van der Waals surface area contributed by atoms with Gasteiger partial charge < -0.3 is 14.9 Å². The van der Waals surface area contributed by atoms with Gasteiger partial charge in [0.2, 0.25) is 11.7 Å². The average molecular weight is 310 g/mol. The van der Waals surface area contributed by atoms with E-state index >= 15 is 0 Å². The van der Waals surface area contributed by atoms with Crippen molar-refractivity contribution in [2.75, 3.05) is 6.54 Å². The van der Waals surface area contributed by atoms with Crippen LogP contribution in [0, 0.1) is 0 Å². The molecule has 0 saturated carbocycles. The molecule has 0 radical (unpaired) electrons. The highest BCUT2D eigenvalue weighted by Gasteiger charge is 2.28. The number of aliphatic hydroxyl groups is 1. The van der Waals surface area contributed by atoms with E-state index < -0.39 is 0 Å². The summed E-state index contributed by atoms with van der Waals surface area (Å²) in [5.41, 5.74) is 0.909. The molecule has 2 atom stereocenters. The monoisotopic (exact) mass is 309 g/mol. The minimum Gasteiger partial charge on any atom is -0.392 e. The molecule has 1 aromatic heterocycles. The van der Waals surface area contributed by atoms with Crippen molar-refractivity contribution in [1.82, 2.24) is 15.5 Å². The second-order valence-electron chi connectivity index (χ2n) is 4.31. The van der Waals surface area contributed by atoms with Crippen molar-refractivity contribution in [3.8, 4) is 11.4 Å². The molecule has 0 bridgehead atoms. The Balaban J connectivity index is 1.83. The van der Waals surface area contributed by atoms with E-state index in [-0.39, 0.29) is 12.1 Å². The van der Waals surface area contributed by atoms with Crippen molar-refractivity contribution in [1.29, 1.82) is 0 Å². The van der Waals surface area contributed by atoms with E-state index in [1.165, 1.54) is 0 Å². The zero-order valence-corrected chi connectivity index (χ0v) is 11.1. The number of hydrogen-bond donors (Lipinski definition) is 2. The molecule has 94 valence electrons. The first-order valence-electron chi connectivity index (χ1n) is 5.73. The third kappa shape index (κ3) is 2.31. The van der Waals surface area contributed by atoms with Gasteiger partial charge in [-0.05, 0) is 30.7 Å². The van der Waals surface area contributed by atoms with E-state index in [1.807, 2.05) is 24.3 Å². The van der Waals surface area contributed by atoms with Crippen LogP contribution in [-0.4, -0.2) is 27.9 Å². The van der Waals surface area contributed by atoms with Gasteiger partial charge >= 0.3 is 0 Å². The standard InChI is InChI=1S/C12H12BrN3O2/c13-8-3-1-7(2-4-8)11-15-12(18-16-11)10-5-9(17)6-14-10/h1-4,9-10,14,17H,5-6H2/t9?,10-/m0/s1. The van der Waals surface area contributed by atoms with Crippen LogP contribution in [0.15, 0.2) is 33.3 Å². The summed E-state index contributed by atoms with van der Waals surface area (Å²) < 4.78 is 6.24. The maximum absolute atomic E-state index is 9.46. The summed E-state index contributed by atoms with van der Waals surface area (Å²) in [6.45, 7) is 0.570. The molecular weight excluding hydrogens is 298 g/mol. The van der Waals surface area contributed by atoms with Gasteiger partial charge in [0.1, 0.15) is 0 Å². The largest absolute Gasteiger partial charge is 0.392 e. The molecule has 18 heavy (non-hydrogen) atoms. The molecule has 6 heteroatoms. The molecule has 0 spiro atoms. The van der Waals surface area contributed by atoms with Crippen molar-refractivity contribution in [3.63, 3.8) is 0 Å². The second kappa shape index (κ2) is 4.79. The summed E-state index contributed by atoms with van der Waals surface area (Å²) >= 11 is 3.38. The van der Waals surface area contributed by atoms with Crippen molar-refractivity contribution in [2.24, 2.45) is 0 Å². The predicted molar refractivity (Wildman–Crippen MR) is 68.8 cm³/mol. The van der Waals surface area contributed by atoms with E-state index in [4.69, 9.17) is 4.52 Å². The highest BCUT2D eigenvalue weighted by Crippen LogP contribution is 2.25. The number of halogens is 1. The van der Waals surface area contributed by atoms with Gasteiger partial charge in [-0.25, -0.2) is 0 Å². The first-order chi connectivity index (χ1) is 8.72. The molecule has 3 rings (SSSR count). The second-order valence-corrected chi connectivity index (χ2v) is 5.23. The Labute approximate surface area is 112 Å². The Kier molecular flexibility index (Phi) is 3.15. The van der Waals surface area contributed by atoms with E-state index in [9.17, 15) is 5.11 Å². The SMILES string of the molecule is OC1CN[C@H](c2nc(-c3ccc(Br)cc3)no2)C1. The molecule has 1 unspecified atom stereocenters. The molecule has 1 aliphatic heterocycles. The first-order valence-corrected chi connectivity index (χ1v) is 6.52. The zero-order valence-electron chi connectivity index (χ0n) is 9.51. The van der Waals surface area contributed by atoms with E-state index in [2.05, 4.69) is 31.4 Å². The van der Waals surface area contributed by atoms with Crippen molar-refractivity contribution in [2.45, 2.75) is 18.6 Å². The molecule has 2 heterocycles. The third-order valence-corrected chi connectivity index (χ3v) is 3.48. The molecular formula is C12H12BrN3O2. The van der Waals surface area contributed by atoms with Crippen LogP contribution in [0.4, 0.5) is 0 Å². The average Bonchev–Trinajstić information content (AvgIpc) is 2.98. The van der Waals surface area contributed by atoms with Crippen LogP contribution < -0.4 is 5.32 Å². The molecule has 0 amide bonds. The molecule has 5 nitrogen and oxygen atoms in total. The Morgan fingerprint density at radius 3 is 2.78 bits per heavy atom. The van der Waals surface area contributed by atoms with E-state index in [1.54, 1.807) is 0 Å². The fraction of sp³-hybridized carbons (Fsp3) is 0.333. The van der Waals surface area contributed by atoms with Gasteiger partial charge in [0, 0.05) is 16.6 Å². The summed E-state index contributed by atoms with van der Waals surface area (Å²) in [6, 6.07) is 7.67. The number of aliphatic hydroxyl groups excluding tert-OH is 1. The lowest BCUT2D eigenvalue weighted by molar-refractivity contribution is 0.191. The van der Waals surface area contributed by atoms with Crippen molar-refractivity contribution >= 4 is 15.9 Å². The fourth-order valence-corrected chi connectivity index (χ4v) is 2.26. The summed E-state index contributed by atoms with van der Waals surface area (Å²) in [6.07, 6.45) is 0.278. The Bertz CT molecular complexity index is 541. The van der Waals surface area contributed by atoms with Gasteiger partial charge in [0.25, 0.3) is 0 Å². The van der Waals surface area contributed by atoms with Crippen molar-refractivity contribution < 1.29 is 9.63 Å². The molecule has 0 aliphatic carbocycles. The van der Waals surface area contributed by atoms with Crippen LogP contribution in [0.5, 0.6) is 0 Å². The van der Waals surface area contributed by atoms with Gasteiger partial charge in [-0.3, -0.25) is 0 Å². The van der Waals surface area contributed by atoms with Crippen LogP contribution in [0.1, 0.15) is 18.4 Å². The van der Waals surface area contributed by atoms with E-state index in [0.29, 0.717) is 24.7 Å². The number of rotatable bonds is 2. The van der Waals surface area contributed by atoms with Crippen LogP contribution in [0.2, 0.25) is 0 Å². The van der Waals surface area contributed by atoms with Crippen LogP contribution >= 0.6 is 15.9 Å². The lowest BCUT2D eigenvalue weighted by atomic mass is 10.2. The molecule has 2 aromatic rings. The van der Waals surface area contributed by atoms with E-state index in [0.717, 1.165) is 10.0 Å². The Morgan fingerprint density at radius 1 is 1.33 bits per heavy atom. The normalized spacial score (nSPS) is 23.4. The highest BCUT2D eigenvalue weighted by molar-refractivity contribution is 9.10. The zero-order chi connectivity index (χ0) is 12.5. The number of β-amino-alcohol motifs (C(OH)–C–C–N with tert-alkyl or cyclic N) is 1. The summed E-state index contributed by atoms with van der Waals surface area (Å²) in [5, 5.41) is 16.6. The fourth-order valence-electron chi connectivity index (χ4n) is 2.00. The third-order valence-electron chi connectivity index (χ3n) is 2.95. The maximum atomic E-state index is 9.46. The lowest BCUT2D eigenvalue weighted by Gasteiger charge is -2.01. The molecule has 1 aliphatic rings. The molecule has 1 fully saturated rings. The number of nitrogens with zero attached hydrogens (tertiary/aromatic N) is 2. The van der Waals surface area contributed by atoms with Gasteiger partial charge in [-0.1, -0.05) is 21.1 Å².